The second-order valence-electron chi connectivity index (χ2n) is 2.25. The minimum atomic E-state index is 0.625. The van der Waals surface area contributed by atoms with Crippen LogP contribution in [0.2, 0.25) is 0 Å². The third kappa shape index (κ3) is 3.54. The van der Waals surface area contributed by atoms with Crippen molar-refractivity contribution in [1.82, 2.24) is 0 Å². The smallest absolute Gasteiger partial charge is 0.102 e. The molecule has 0 amide bonds. The van der Waals surface area contributed by atoms with Crippen LogP contribution in [0.3, 0.4) is 0 Å². The van der Waals surface area contributed by atoms with E-state index in [-0.39, 0.29) is 0 Å². The predicted octanol–water partition coefficient (Wildman–Crippen LogP) is 2.60. The molecule has 0 aliphatic heterocycles. The summed E-state index contributed by atoms with van der Waals surface area (Å²) in [6.45, 7) is 0.787. The first-order valence-electron chi connectivity index (χ1n) is 3.61. The summed E-state index contributed by atoms with van der Waals surface area (Å²) in [5.41, 5.74) is 1.95. The Balaban J connectivity index is 2.28. The van der Waals surface area contributed by atoms with Crippen LogP contribution in [-0.4, -0.2) is 12.1 Å². The van der Waals surface area contributed by atoms with E-state index in [1.165, 1.54) is 5.56 Å². The highest BCUT2D eigenvalue weighted by Crippen LogP contribution is 1.99. The minimum absolute atomic E-state index is 0.625. The molecular formula is C9H11BrO. The highest BCUT2D eigenvalue weighted by Gasteiger charge is 1.89. The Morgan fingerprint density at radius 1 is 1.18 bits per heavy atom. The maximum Gasteiger partial charge on any atom is 0.102 e. The summed E-state index contributed by atoms with van der Waals surface area (Å²) in [6, 6.07) is 10.3. The molecule has 0 aliphatic carbocycles. The number of ether oxygens (including phenoxy) is 1. The fourth-order valence-electron chi connectivity index (χ4n) is 0.889. The molecule has 60 valence electrons. The Morgan fingerprint density at radius 2 is 1.91 bits per heavy atom. The second kappa shape index (κ2) is 5.33. The zero-order chi connectivity index (χ0) is 7.94. The van der Waals surface area contributed by atoms with Gasteiger partial charge in [0, 0.05) is 0 Å². The van der Waals surface area contributed by atoms with E-state index in [9.17, 15) is 0 Å². The second-order valence-corrected chi connectivity index (χ2v) is 2.71. The molecule has 1 rings (SSSR count). The topological polar surface area (TPSA) is 9.23 Å². The van der Waals surface area contributed by atoms with Crippen LogP contribution in [0.1, 0.15) is 5.56 Å². The van der Waals surface area contributed by atoms with Gasteiger partial charge in [0.2, 0.25) is 0 Å². The van der Waals surface area contributed by atoms with Crippen molar-refractivity contribution < 1.29 is 4.74 Å². The molecule has 0 heterocycles. The van der Waals surface area contributed by atoms with Crippen LogP contribution in [0.4, 0.5) is 0 Å². The summed E-state index contributed by atoms with van der Waals surface area (Å²) in [4.78, 5) is 0. The van der Waals surface area contributed by atoms with Gasteiger partial charge in [0.1, 0.15) is 5.52 Å². The van der Waals surface area contributed by atoms with E-state index in [0.717, 1.165) is 13.0 Å². The molecule has 0 fully saturated rings. The van der Waals surface area contributed by atoms with Gasteiger partial charge in [0.15, 0.2) is 0 Å². The molecular weight excluding hydrogens is 204 g/mol. The molecule has 0 saturated heterocycles. The molecule has 0 bridgehead atoms. The first-order chi connectivity index (χ1) is 5.43. The number of hydrogen-bond acceptors (Lipinski definition) is 1. The van der Waals surface area contributed by atoms with Gasteiger partial charge >= 0.3 is 0 Å². The molecule has 1 aromatic rings. The standard InChI is InChI=1S/C9H11BrO/c10-8-11-7-6-9-4-2-1-3-5-9/h1-5H,6-8H2. The van der Waals surface area contributed by atoms with Crippen molar-refractivity contribution >= 4 is 15.9 Å². The Bertz CT molecular complexity index is 186. The monoisotopic (exact) mass is 214 g/mol. The Hall–Kier alpha value is -0.340. The van der Waals surface area contributed by atoms with Crippen molar-refractivity contribution in [3.8, 4) is 0 Å². The van der Waals surface area contributed by atoms with Gasteiger partial charge in [0.05, 0.1) is 6.61 Å². The third-order valence-electron chi connectivity index (χ3n) is 1.46. The lowest BCUT2D eigenvalue weighted by Crippen LogP contribution is -1.95. The molecule has 11 heavy (non-hydrogen) atoms. The highest BCUT2D eigenvalue weighted by molar-refractivity contribution is 9.09. The van der Waals surface area contributed by atoms with Crippen LogP contribution in [0.25, 0.3) is 0 Å². The number of halogens is 1. The number of rotatable bonds is 4. The lowest BCUT2D eigenvalue weighted by atomic mass is 10.2. The molecule has 2 heteroatoms. The lowest BCUT2D eigenvalue weighted by Gasteiger charge is -1.99. The van der Waals surface area contributed by atoms with Crippen LogP contribution in [0.15, 0.2) is 30.3 Å². The van der Waals surface area contributed by atoms with Crippen LogP contribution in [-0.2, 0) is 11.2 Å². The van der Waals surface area contributed by atoms with E-state index in [1.807, 2.05) is 18.2 Å². The third-order valence-corrected chi connectivity index (χ3v) is 1.78. The van der Waals surface area contributed by atoms with E-state index in [1.54, 1.807) is 0 Å². The van der Waals surface area contributed by atoms with Crippen molar-refractivity contribution in [3.63, 3.8) is 0 Å². The van der Waals surface area contributed by atoms with E-state index < -0.39 is 0 Å². The van der Waals surface area contributed by atoms with Gasteiger partial charge in [0.25, 0.3) is 0 Å². The minimum Gasteiger partial charge on any atom is -0.370 e. The van der Waals surface area contributed by atoms with Gasteiger partial charge in [-0.05, 0) is 12.0 Å². The van der Waals surface area contributed by atoms with Crippen molar-refractivity contribution in [2.24, 2.45) is 0 Å². The highest BCUT2D eigenvalue weighted by atomic mass is 79.9. The molecule has 0 aliphatic rings. The van der Waals surface area contributed by atoms with Crippen molar-refractivity contribution in [1.29, 1.82) is 0 Å². The summed E-state index contributed by atoms with van der Waals surface area (Å²) in [5.74, 6) is 0. The predicted molar refractivity (Wildman–Crippen MR) is 49.9 cm³/mol. The largest absolute Gasteiger partial charge is 0.370 e. The maximum atomic E-state index is 5.15. The van der Waals surface area contributed by atoms with E-state index in [4.69, 9.17) is 4.74 Å². The molecule has 0 aromatic heterocycles. The quantitative estimate of drug-likeness (QED) is 0.554. The lowest BCUT2D eigenvalue weighted by molar-refractivity contribution is 0.190. The molecule has 0 atom stereocenters. The maximum absolute atomic E-state index is 5.15. The summed E-state index contributed by atoms with van der Waals surface area (Å²) in [7, 11) is 0. The van der Waals surface area contributed by atoms with Gasteiger partial charge < -0.3 is 4.74 Å². The van der Waals surface area contributed by atoms with E-state index >= 15 is 0 Å². The average Bonchev–Trinajstić information content (AvgIpc) is 2.07. The number of benzene rings is 1. The Morgan fingerprint density at radius 3 is 2.55 bits per heavy atom. The summed E-state index contributed by atoms with van der Waals surface area (Å²) in [5, 5.41) is 0. The fourth-order valence-corrected chi connectivity index (χ4v) is 1.12. The first-order valence-corrected chi connectivity index (χ1v) is 4.73. The zero-order valence-electron chi connectivity index (χ0n) is 6.29. The fraction of sp³-hybridized carbons (Fsp3) is 0.333. The Kier molecular flexibility index (Phi) is 4.24. The summed E-state index contributed by atoms with van der Waals surface area (Å²) in [6.07, 6.45) is 0.992. The van der Waals surface area contributed by atoms with Crippen LogP contribution >= 0.6 is 15.9 Å². The molecule has 0 N–H and O–H groups in total. The van der Waals surface area contributed by atoms with Crippen molar-refractivity contribution in [2.75, 3.05) is 12.1 Å². The van der Waals surface area contributed by atoms with Gasteiger partial charge in [-0.3, -0.25) is 0 Å². The summed E-state index contributed by atoms with van der Waals surface area (Å²) < 4.78 is 5.15. The van der Waals surface area contributed by atoms with Crippen molar-refractivity contribution in [2.45, 2.75) is 6.42 Å². The molecule has 1 nitrogen and oxygen atoms in total. The van der Waals surface area contributed by atoms with Gasteiger partial charge in [-0.25, -0.2) is 0 Å². The zero-order valence-corrected chi connectivity index (χ0v) is 7.88. The van der Waals surface area contributed by atoms with Crippen LogP contribution in [0, 0.1) is 0 Å². The molecule has 0 saturated carbocycles. The molecule has 1 aromatic carbocycles. The SMILES string of the molecule is BrCOCCc1ccccc1. The number of alkyl halides is 1. The number of hydrogen-bond donors (Lipinski definition) is 0. The van der Waals surface area contributed by atoms with Gasteiger partial charge in [-0.15, -0.1) is 0 Å². The molecule has 0 spiro atoms. The van der Waals surface area contributed by atoms with Crippen molar-refractivity contribution in [3.05, 3.63) is 35.9 Å². The van der Waals surface area contributed by atoms with E-state index in [2.05, 4.69) is 28.1 Å². The Labute approximate surface area is 75.5 Å². The first kappa shape index (κ1) is 8.75. The van der Waals surface area contributed by atoms with E-state index in [0.29, 0.717) is 5.52 Å². The van der Waals surface area contributed by atoms with Gasteiger partial charge in [-0.2, -0.15) is 0 Å². The molecule has 0 unspecified atom stereocenters. The average molecular weight is 215 g/mol. The molecule has 0 radical (unpaired) electrons. The van der Waals surface area contributed by atoms with Crippen LogP contribution < -0.4 is 0 Å². The van der Waals surface area contributed by atoms with Crippen LogP contribution in [0.5, 0.6) is 0 Å². The normalized spacial score (nSPS) is 9.91. The summed E-state index contributed by atoms with van der Waals surface area (Å²) >= 11 is 3.20. The van der Waals surface area contributed by atoms with Gasteiger partial charge in [-0.1, -0.05) is 46.3 Å².